The van der Waals surface area contributed by atoms with Gasteiger partial charge in [-0.15, -0.1) is 0 Å². The third-order valence-corrected chi connectivity index (χ3v) is 5.19. The van der Waals surface area contributed by atoms with Gasteiger partial charge in [0.2, 0.25) is 0 Å². The molecule has 2 heterocycles. The van der Waals surface area contributed by atoms with Crippen LogP contribution >= 0.6 is 0 Å². The van der Waals surface area contributed by atoms with Crippen LogP contribution in [0.15, 0.2) is 48.5 Å². The lowest BCUT2D eigenvalue weighted by Crippen LogP contribution is -2.62. The Balaban J connectivity index is 1.45. The second kappa shape index (κ2) is 6.42. The number of hydrogen-bond donors (Lipinski definition) is 2. The van der Waals surface area contributed by atoms with Crippen molar-refractivity contribution in [2.24, 2.45) is 0 Å². The Morgan fingerprint density at radius 3 is 2.50 bits per heavy atom. The summed E-state index contributed by atoms with van der Waals surface area (Å²) >= 11 is 0. The van der Waals surface area contributed by atoms with Crippen molar-refractivity contribution in [1.29, 1.82) is 0 Å². The van der Waals surface area contributed by atoms with E-state index < -0.39 is 5.66 Å². The monoisotopic (exact) mass is 352 g/mol. The zero-order valence-corrected chi connectivity index (χ0v) is 14.3. The number of anilines is 1. The number of nitrogens with one attached hydrogen (secondary N) is 2. The first-order valence-electron chi connectivity index (χ1n) is 8.71. The van der Waals surface area contributed by atoms with E-state index in [9.17, 15) is 14.9 Å². The minimum Gasteiger partial charge on any atom is -0.362 e. The van der Waals surface area contributed by atoms with Gasteiger partial charge in [0.1, 0.15) is 5.66 Å². The number of amides is 1. The van der Waals surface area contributed by atoms with Crippen LogP contribution in [0.25, 0.3) is 0 Å². The topological polar surface area (TPSA) is 87.5 Å². The number of piperidine rings is 1. The van der Waals surface area contributed by atoms with E-state index in [1.54, 1.807) is 18.2 Å². The number of carbonyl (C=O) groups is 1. The molecule has 0 radical (unpaired) electrons. The molecule has 7 heteroatoms. The molecule has 0 bridgehead atoms. The van der Waals surface area contributed by atoms with Gasteiger partial charge in [-0.2, -0.15) is 0 Å². The lowest BCUT2D eigenvalue weighted by Gasteiger charge is -2.45. The summed E-state index contributed by atoms with van der Waals surface area (Å²) in [4.78, 5) is 25.5. The van der Waals surface area contributed by atoms with E-state index in [0.29, 0.717) is 12.1 Å². The van der Waals surface area contributed by atoms with Gasteiger partial charge in [0, 0.05) is 49.8 Å². The summed E-state index contributed by atoms with van der Waals surface area (Å²) in [5, 5.41) is 17.8. The van der Waals surface area contributed by atoms with Crippen LogP contribution in [0.2, 0.25) is 0 Å². The molecular formula is C19H20N4O3. The Morgan fingerprint density at radius 2 is 1.73 bits per heavy atom. The quantitative estimate of drug-likeness (QED) is 0.655. The normalized spacial score (nSPS) is 18.7. The van der Waals surface area contributed by atoms with E-state index in [2.05, 4.69) is 15.5 Å². The molecule has 0 aliphatic carbocycles. The van der Waals surface area contributed by atoms with Gasteiger partial charge in [0.25, 0.3) is 11.6 Å². The fourth-order valence-corrected chi connectivity index (χ4v) is 3.77. The molecule has 0 unspecified atom stereocenters. The van der Waals surface area contributed by atoms with Crippen molar-refractivity contribution in [2.45, 2.75) is 25.0 Å². The minimum absolute atomic E-state index is 0.0495. The maximum absolute atomic E-state index is 12.4. The van der Waals surface area contributed by atoms with E-state index in [1.807, 2.05) is 30.3 Å². The molecule has 26 heavy (non-hydrogen) atoms. The lowest BCUT2D eigenvalue weighted by molar-refractivity contribution is -0.385. The van der Waals surface area contributed by atoms with Crippen LogP contribution in [0.1, 0.15) is 28.8 Å². The summed E-state index contributed by atoms with van der Waals surface area (Å²) in [6, 6.07) is 14.4. The van der Waals surface area contributed by atoms with E-state index in [4.69, 9.17) is 0 Å². The minimum atomic E-state index is -0.440. The highest BCUT2D eigenvalue weighted by molar-refractivity contribution is 6.02. The average molecular weight is 352 g/mol. The van der Waals surface area contributed by atoms with Crippen LogP contribution in [-0.2, 0) is 6.54 Å². The number of rotatable bonds is 3. The lowest BCUT2D eigenvalue weighted by atomic mass is 9.92. The SMILES string of the molecule is O=C1NC2(CCN(Cc3ccccc3[N+](=O)[O-])CC2)Nc2ccccc21. The summed E-state index contributed by atoms with van der Waals surface area (Å²) in [5.74, 6) is -0.0495. The first-order valence-corrected chi connectivity index (χ1v) is 8.71. The van der Waals surface area contributed by atoms with Crippen LogP contribution in [0.3, 0.4) is 0 Å². The first-order chi connectivity index (χ1) is 12.6. The maximum Gasteiger partial charge on any atom is 0.273 e. The summed E-state index contributed by atoms with van der Waals surface area (Å²) in [6.07, 6.45) is 1.49. The molecule has 1 spiro atoms. The van der Waals surface area contributed by atoms with Gasteiger partial charge in [-0.1, -0.05) is 30.3 Å². The van der Waals surface area contributed by atoms with E-state index in [0.717, 1.165) is 37.2 Å². The molecule has 2 aliphatic heterocycles. The highest BCUT2D eigenvalue weighted by Gasteiger charge is 2.40. The number of likely N-dealkylation sites (tertiary alicyclic amines) is 1. The van der Waals surface area contributed by atoms with Crippen molar-refractivity contribution < 1.29 is 9.72 Å². The van der Waals surface area contributed by atoms with Crippen LogP contribution in [0, 0.1) is 10.1 Å². The molecule has 1 amide bonds. The van der Waals surface area contributed by atoms with Gasteiger partial charge in [-0.05, 0) is 12.1 Å². The van der Waals surface area contributed by atoms with Crippen molar-refractivity contribution in [1.82, 2.24) is 10.2 Å². The molecular weight excluding hydrogens is 332 g/mol. The van der Waals surface area contributed by atoms with Crippen LogP contribution in [-0.4, -0.2) is 34.5 Å². The fourth-order valence-electron chi connectivity index (χ4n) is 3.77. The van der Waals surface area contributed by atoms with Gasteiger partial charge >= 0.3 is 0 Å². The first kappa shape index (κ1) is 16.5. The van der Waals surface area contributed by atoms with E-state index in [1.165, 1.54) is 0 Å². The predicted molar refractivity (Wildman–Crippen MR) is 97.9 cm³/mol. The number of benzene rings is 2. The Labute approximate surface area is 151 Å². The molecule has 1 saturated heterocycles. The second-order valence-corrected chi connectivity index (χ2v) is 6.87. The number of nitrogens with zero attached hydrogens (tertiary/aromatic N) is 2. The standard InChI is InChI=1S/C19H20N4O3/c24-18-15-6-2-3-7-16(15)20-19(21-18)9-11-22(12-10-19)13-14-5-1-4-8-17(14)23(25)26/h1-8,20H,9-13H2,(H,21,24). The van der Waals surface area contributed by atoms with Gasteiger partial charge < -0.3 is 10.6 Å². The molecule has 2 aromatic rings. The smallest absolute Gasteiger partial charge is 0.273 e. The van der Waals surface area contributed by atoms with Gasteiger partial charge in [0.05, 0.1) is 10.5 Å². The average Bonchev–Trinajstić information content (AvgIpc) is 2.64. The molecule has 0 atom stereocenters. The molecule has 7 nitrogen and oxygen atoms in total. The molecule has 2 aliphatic rings. The molecule has 0 saturated carbocycles. The Kier molecular flexibility index (Phi) is 4.08. The third kappa shape index (κ3) is 3.01. The Hall–Kier alpha value is -2.93. The van der Waals surface area contributed by atoms with Crippen molar-refractivity contribution in [3.8, 4) is 0 Å². The van der Waals surface area contributed by atoms with E-state index >= 15 is 0 Å². The Bertz CT molecular complexity index is 859. The number of hydrogen-bond acceptors (Lipinski definition) is 5. The van der Waals surface area contributed by atoms with Crippen LogP contribution < -0.4 is 10.6 Å². The summed E-state index contributed by atoms with van der Waals surface area (Å²) in [5.41, 5.74) is 1.97. The largest absolute Gasteiger partial charge is 0.362 e. The van der Waals surface area contributed by atoms with Crippen LogP contribution in [0.5, 0.6) is 0 Å². The number of carbonyl (C=O) groups excluding carboxylic acids is 1. The van der Waals surface area contributed by atoms with Gasteiger partial charge in [0.15, 0.2) is 0 Å². The number of fused-ring (bicyclic) bond motifs is 1. The molecule has 2 aromatic carbocycles. The Morgan fingerprint density at radius 1 is 1.04 bits per heavy atom. The van der Waals surface area contributed by atoms with Crippen LogP contribution in [0.4, 0.5) is 11.4 Å². The summed E-state index contributed by atoms with van der Waals surface area (Å²) < 4.78 is 0. The molecule has 134 valence electrons. The number of nitro groups is 1. The van der Waals surface area contributed by atoms with Crippen molar-refractivity contribution in [3.05, 3.63) is 69.8 Å². The molecule has 4 rings (SSSR count). The second-order valence-electron chi connectivity index (χ2n) is 6.87. The maximum atomic E-state index is 12.4. The zero-order valence-electron chi connectivity index (χ0n) is 14.3. The third-order valence-electron chi connectivity index (χ3n) is 5.19. The highest BCUT2D eigenvalue weighted by Crippen LogP contribution is 2.32. The highest BCUT2D eigenvalue weighted by atomic mass is 16.6. The molecule has 0 aromatic heterocycles. The number of para-hydroxylation sites is 2. The summed E-state index contributed by atoms with van der Waals surface area (Å²) in [6.45, 7) is 2.04. The fraction of sp³-hybridized carbons (Fsp3) is 0.316. The van der Waals surface area contributed by atoms with Crippen molar-refractivity contribution in [3.63, 3.8) is 0 Å². The molecule has 2 N–H and O–H groups in total. The zero-order chi connectivity index (χ0) is 18.1. The van der Waals surface area contributed by atoms with E-state index in [-0.39, 0.29) is 16.5 Å². The van der Waals surface area contributed by atoms with Crippen molar-refractivity contribution >= 4 is 17.3 Å². The van der Waals surface area contributed by atoms with Gasteiger partial charge in [-0.25, -0.2) is 0 Å². The van der Waals surface area contributed by atoms with Crippen molar-refractivity contribution in [2.75, 3.05) is 18.4 Å². The summed E-state index contributed by atoms with van der Waals surface area (Å²) in [7, 11) is 0. The number of nitro benzene ring substituents is 1. The predicted octanol–water partition coefficient (Wildman–Crippen LogP) is 2.74. The van der Waals surface area contributed by atoms with Gasteiger partial charge in [-0.3, -0.25) is 19.8 Å². The molecule has 1 fully saturated rings.